The van der Waals surface area contributed by atoms with Crippen LogP contribution in [0.2, 0.25) is 0 Å². The second-order valence-electron chi connectivity index (χ2n) is 5.71. The fourth-order valence-electron chi connectivity index (χ4n) is 2.40. The van der Waals surface area contributed by atoms with E-state index in [-0.39, 0.29) is 11.9 Å². The first kappa shape index (κ1) is 18.0. The molecule has 0 aliphatic heterocycles. The predicted octanol–water partition coefficient (Wildman–Crippen LogP) is 4.59. The Morgan fingerprint density at radius 3 is 1.78 bits per heavy atom. The van der Waals surface area contributed by atoms with E-state index in [1.165, 1.54) is 0 Å². The molecule has 27 heavy (non-hydrogen) atoms. The fraction of sp³-hybridized carbons (Fsp3) is 0.0476. The van der Waals surface area contributed by atoms with Gasteiger partial charge in [0.2, 0.25) is 0 Å². The molecule has 6 nitrogen and oxygen atoms in total. The van der Waals surface area contributed by atoms with Crippen molar-refractivity contribution in [2.24, 2.45) is 0 Å². The molecule has 3 amide bonds. The number of urea groups is 1. The molecule has 3 aromatic carbocycles. The summed E-state index contributed by atoms with van der Waals surface area (Å²) in [5.74, 6) is 0.484. The van der Waals surface area contributed by atoms with Crippen LogP contribution in [0.4, 0.5) is 21.9 Å². The zero-order valence-electron chi connectivity index (χ0n) is 14.7. The molecule has 0 bridgehead atoms. The summed E-state index contributed by atoms with van der Waals surface area (Å²) in [7, 11) is 1.59. The number of anilines is 3. The number of nitrogens with one attached hydrogen (secondary N) is 3. The van der Waals surface area contributed by atoms with Crippen molar-refractivity contribution in [1.82, 2.24) is 0 Å². The minimum absolute atomic E-state index is 0.236. The van der Waals surface area contributed by atoms with Crippen LogP contribution < -0.4 is 20.7 Å². The molecule has 3 aromatic rings. The van der Waals surface area contributed by atoms with Gasteiger partial charge in [-0.05, 0) is 60.7 Å². The zero-order chi connectivity index (χ0) is 19.1. The van der Waals surface area contributed by atoms with E-state index in [1.54, 1.807) is 67.8 Å². The highest BCUT2D eigenvalue weighted by atomic mass is 16.5. The number of ether oxygens (including phenoxy) is 1. The van der Waals surface area contributed by atoms with Crippen LogP contribution in [-0.4, -0.2) is 19.0 Å². The number of rotatable bonds is 5. The molecule has 0 aliphatic carbocycles. The van der Waals surface area contributed by atoms with Gasteiger partial charge >= 0.3 is 6.03 Å². The lowest BCUT2D eigenvalue weighted by Crippen LogP contribution is -2.19. The largest absolute Gasteiger partial charge is 0.497 e. The van der Waals surface area contributed by atoms with Crippen LogP contribution in [0.1, 0.15) is 10.4 Å². The molecule has 0 fully saturated rings. The van der Waals surface area contributed by atoms with E-state index < -0.39 is 0 Å². The maximum absolute atomic E-state index is 12.3. The highest BCUT2D eigenvalue weighted by Gasteiger charge is 2.07. The van der Waals surface area contributed by atoms with Crippen LogP contribution in [0.25, 0.3) is 0 Å². The molecule has 0 heterocycles. The van der Waals surface area contributed by atoms with Crippen LogP contribution in [0, 0.1) is 0 Å². The summed E-state index contributed by atoms with van der Waals surface area (Å²) in [6, 6.07) is 22.5. The molecule has 136 valence electrons. The average Bonchev–Trinajstić information content (AvgIpc) is 2.70. The summed E-state index contributed by atoms with van der Waals surface area (Å²) in [5, 5.41) is 8.26. The number of methoxy groups -OCH3 is 1. The van der Waals surface area contributed by atoms with E-state index >= 15 is 0 Å². The van der Waals surface area contributed by atoms with Gasteiger partial charge in [0.15, 0.2) is 0 Å². The highest BCUT2D eigenvalue weighted by molar-refractivity contribution is 6.05. The van der Waals surface area contributed by atoms with Gasteiger partial charge in [0.1, 0.15) is 5.75 Å². The summed E-state index contributed by atoms with van der Waals surface area (Å²) >= 11 is 0. The molecule has 0 aliphatic rings. The molecule has 6 heteroatoms. The Morgan fingerprint density at radius 2 is 1.19 bits per heavy atom. The smallest absolute Gasteiger partial charge is 0.323 e. The van der Waals surface area contributed by atoms with Crippen molar-refractivity contribution >= 4 is 29.0 Å². The maximum Gasteiger partial charge on any atom is 0.323 e. The normalized spacial score (nSPS) is 9.96. The van der Waals surface area contributed by atoms with Gasteiger partial charge in [0.25, 0.3) is 5.91 Å². The van der Waals surface area contributed by atoms with E-state index in [9.17, 15) is 9.59 Å². The Bertz CT molecular complexity index is 908. The molecule has 0 radical (unpaired) electrons. The van der Waals surface area contributed by atoms with Gasteiger partial charge in [-0.2, -0.15) is 0 Å². The van der Waals surface area contributed by atoms with Gasteiger partial charge in [-0.3, -0.25) is 4.79 Å². The minimum Gasteiger partial charge on any atom is -0.497 e. The molecule has 0 spiro atoms. The van der Waals surface area contributed by atoms with Crippen LogP contribution in [0.5, 0.6) is 5.75 Å². The summed E-state index contributed by atoms with van der Waals surface area (Å²) in [4.78, 5) is 24.3. The Hall–Kier alpha value is -3.80. The maximum atomic E-state index is 12.3. The van der Waals surface area contributed by atoms with Crippen molar-refractivity contribution in [3.63, 3.8) is 0 Å². The summed E-state index contributed by atoms with van der Waals surface area (Å²) in [5.41, 5.74) is 2.44. The lowest BCUT2D eigenvalue weighted by molar-refractivity contribution is 0.102. The van der Waals surface area contributed by atoms with Crippen LogP contribution in [-0.2, 0) is 0 Å². The number of carbonyl (C=O) groups is 2. The number of para-hydroxylation sites is 1. The van der Waals surface area contributed by atoms with Gasteiger partial charge in [-0.15, -0.1) is 0 Å². The van der Waals surface area contributed by atoms with Gasteiger partial charge in [-0.1, -0.05) is 18.2 Å². The SMILES string of the molecule is COc1ccc(NC(=O)c2ccc(NC(=O)Nc3ccccc3)cc2)cc1. The Kier molecular flexibility index (Phi) is 5.69. The molecular weight excluding hydrogens is 342 g/mol. The third kappa shape index (κ3) is 5.09. The van der Waals surface area contributed by atoms with E-state index in [2.05, 4.69) is 16.0 Å². The van der Waals surface area contributed by atoms with E-state index in [4.69, 9.17) is 4.74 Å². The number of carbonyl (C=O) groups excluding carboxylic acids is 2. The predicted molar refractivity (Wildman–Crippen MR) is 106 cm³/mol. The summed E-state index contributed by atoms with van der Waals surface area (Å²) in [6.45, 7) is 0. The number of amides is 3. The number of hydrogen-bond acceptors (Lipinski definition) is 3. The molecule has 3 N–H and O–H groups in total. The van der Waals surface area contributed by atoms with Crippen molar-refractivity contribution in [2.75, 3.05) is 23.1 Å². The summed E-state index contributed by atoms with van der Waals surface area (Å²) in [6.07, 6.45) is 0. The van der Waals surface area contributed by atoms with Crippen LogP contribution in [0.3, 0.4) is 0 Å². The topological polar surface area (TPSA) is 79.5 Å². The van der Waals surface area contributed by atoms with Gasteiger partial charge < -0.3 is 20.7 Å². The van der Waals surface area contributed by atoms with Gasteiger partial charge in [0.05, 0.1) is 7.11 Å². The van der Waals surface area contributed by atoms with Gasteiger partial charge in [-0.25, -0.2) is 4.79 Å². The number of hydrogen-bond donors (Lipinski definition) is 3. The van der Waals surface area contributed by atoms with Crippen LogP contribution in [0.15, 0.2) is 78.9 Å². The third-order valence-electron chi connectivity index (χ3n) is 3.78. The molecule has 0 saturated carbocycles. The first-order valence-electron chi connectivity index (χ1n) is 8.32. The Balaban J connectivity index is 1.57. The van der Waals surface area contributed by atoms with Crippen molar-refractivity contribution in [3.05, 3.63) is 84.4 Å². The molecule has 0 aromatic heterocycles. The fourth-order valence-corrected chi connectivity index (χ4v) is 2.40. The minimum atomic E-state index is -0.350. The Labute approximate surface area is 157 Å². The van der Waals surface area contributed by atoms with E-state index in [1.807, 2.05) is 18.2 Å². The van der Waals surface area contributed by atoms with Crippen molar-refractivity contribution in [2.45, 2.75) is 0 Å². The summed E-state index contributed by atoms with van der Waals surface area (Å²) < 4.78 is 5.09. The van der Waals surface area contributed by atoms with Crippen molar-refractivity contribution in [3.8, 4) is 5.75 Å². The first-order valence-corrected chi connectivity index (χ1v) is 8.32. The average molecular weight is 361 g/mol. The second kappa shape index (κ2) is 8.53. The third-order valence-corrected chi connectivity index (χ3v) is 3.78. The lowest BCUT2D eigenvalue weighted by Gasteiger charge is -2.09. The lowest BCUT2D eigenvalue weighted by atomic mass is 10.2. The standard InChI is InChI=1S/C21H19N3O3/c1-27-19-13-11-17(12-14-19)22-20(25)15-7-9-18(10-8-15)24-21(26)23-16-5-3-2-4-6-16/h2-14H,1H3,(H,22,25)(H2,23,24,26). The monoisotopic (exact) mass is 361 g/mol. The molecule has 3 rings (SSSR count). The van der Waals surface area contributed by atoms with Crippen molar-refractivity contribution in [1.29, 1.82) is 0 Å². The van der Waals surface area contributed by atoms with E-state index in [0.29, 0.717) is 22.6 Å². The zero-order valence-corrected chi connectivity index (χ0v) is 14.7. The highest BCUT2D eigenvalue weighted by Crippen LogP contribution is 2.17. The van der Waals surface area contributed by atoms with E-state index in [0.717, 1.165) is 5.75 Å². The molecule has 0 unspecified atom stereocenters. The van der Waals surface area contributed by atoms with Crippen molar-refractivity contribution < 1.29 is 14.3 Å². The Morgan fingerprint density at radius 1 is 0.667 bits per heavy atom. The van der Waals surface area contributed by atoms with Gasteiger partial charge in [0, 0.05) is 22.6 Å². The number of benzene rings is 3. The molecule has 0 saturated heterocycles. The van der Waals surface area contributed by atoms with Crippen LogP contribution >= 0.6 is 0 Å². The quantitative estimate of drug-likeness (QED) is 0.622. The first-order chi connectivity index (χ1) is 13.1. The second-order valence-corrected chi connectivity index (χ2v) is 5.71. The molecule has 0 atom stereocenters. The molecular formula is C21H19N3O3.